The zero-order chi connectivity index (χ0) is 22.0. The summed E-state index contributed by atoms with van der Waals surface area (Å²) in [5.41, 5.74) is 2.59. The number of aromatic nitrogens is 2. The van der Waals surface area contributed by atoms with Crippen molar-refractivity contribution in [2.75, 3.05) is 44.2 Å². The van der Waals surface area contributed by atoms with E-state index in [0.29, 0.717) is 39.1 Å². The summed E-state index contributed by atoms with van der Waals surface area (Å²) in [6.45, 7) is 7.93. The van der Waals surface area contributed by atoms with E-state index in [0.717, 1.165) is 29.2 Å². The van der Waals surface area contributed by atoms with Crippen LogP contribution in [0.4, 0.5) is 10.2 Å². The van der Waals surface area contributed by atoms with Gasteiger partial charge in [-0.2, -0.15) is 0 Å². The molecule has 1 aliphatic heterocycles. The number of aliphatic hydroxyl groups excluding tert-OH is 1. The van der Waals surface area contributed by atoms with Gasteiger partial charge in [-0.3, -0.25) is 4.79 Å². The Balaban J connectivity index is 1.47. The van der Waals surface area contributed by atoms with Gasteiger partial charge in [0.1, 0.15) is 18.0 Å². The van der Waals surface area contributed by atoms with Gasteiger partial charge in [0, 0.05) is 38.3 Å². The first-order chi connectivity index (χ1) is 15.0. The molecule has 0 bridgehead atoms. The fraction of sp³-hybridized carbons (Fsp3) is 0.522. The van der Waals surface area contributed by atoms with E-state index in [9.17, 15) is 14.3 Å². The van der Waals surface area contributed by atoms with Gasteiger partial charge in [-0.15, -0.1) is 0 Å². The predicted octanol–water partition coefficient (Wildman–Crippen LogP) is 2.20. The van der Waals surface area contributed by atoms with Crippen LogP contribution < -0.4 is 10.2 Å². The van der Waals surface area contributed by atoms with Crippen LogP contribution in [0.5, 0.6) is 0 Å². The molecule has 3 atom stereocenters. The molecule has 1 amide bonds. The van der Waals surface area contributed by atoms with Gasteiger partial charge in [0.2, 0.25) is 5.91 Å². The average Bonchev–Trinajstić information content (AvgIpc) is 3.09. The zero-order valence-electron chi connectivity index (χ0n) is 18.1. The number of anilines is 1. The van der Waals surface area contributed by atoms with Crippen molar-refractivity contribution < 1.29 is 14.3 Å². The maximum absolute atomic E-state index is 13.4. The maximum Gasteiger partial charge on any atom is 0.231 e. The third-order valence-electron chi connectivity index (χ3n) is 6.34. The number of rotatable bonds is 6. The average molecular weight is 428 g/mol. The van der Waals surface area contributed by atoms with Crippen LogP contribution in [0.15, 0.2) is 30.6 Å². The van der Waals surface area contributed by atoms with Gasteiger partial charge in [-0.05, 0) is 36.6 Å². The van der Waals surface area contributed by atoms with Crippen molar-refractivity contribution in [3.8, 4) is 0 Å². The molecular weight excluding hydrogens is 397 g/mol. The molecule has 0 spiro atoms. The molecule has 0 saturated carbocycles. The van der Waals surface area contributed by atoms with E-state index in [-0.39, 0.29) is 23.6 Å². The summed E-state index contributed by atoms with van der Waals surface area (Å²) in [5, 5.41) is 13.5. The summed E-state index contributed by atoms with van der Waals surface area (Å²) in [4.78, 5) is 26.2. The van der Waals surface area contributed by atoms with Crippen molar-refractivity contribution in [2.24, 2.45) is 0 Å². The highest BCUT2D eigenvalue weighted by molar-refractivity contribution is 5.84. The standard InChI is InChI=1S/C23H30FN5O2/c1-3-25-13-18(16-4-6-17(24)7-5-16)23(31)29-10-8-28(9-11-29)22-20-15(2)12-19(30)21(20)26-14-27-22/h4-7,14-15,18-19,25,30H,3,8-13H2,1-2H3/t15-,18?,19-/m1/s1. The molecule has 2 aliphatic rings. The van der Waals surface area contributed by atoms with Crippen molar-refractivity contribution in [3.05, 3.63) is 53.2 Å². The Bertz CT molecular complexity index is 915. The van der Waals surface area contributed by atoms with Gasteiger partial charge in [0.15, 0.2) is 0 Å². The molecule has 1 unspecified atom stereocenters. The minimum Gasteiger partial charge on any atom is -0.387 e. The van der Waals surface area contributed by atoms with Gasteiger partial charge < -0.3 is 20.2 Å². The lowest BCUT2D eigenvalue weighted by Gasteiger charge is -2.38. The molecule has 7 nitrogen and oxygen atoms in total. The van der Waals surface area contributed by atoms with E-state index in [2.05, 4.69) is 27.1 Å². The number of hydrogen-bond donors (Lipinski definition) is 2. The van der Waals surface area contributed by atoms with Gasteiger partial charge in [-0.1, -0.05) is 26.0 Å². The first-order valence-corrected chi connectivity index (χ1v) is 11.0. The second-order valence-electron chi connectivity index (χ2n) is 8.37. The molecule has 2 heterocycles. The van der Waals surface area contributed by atoms with Gasteiger partial charge in [-0.25, -0.2) is 14.4 Å². The van der Waals surface area contributed by atoms with Crippen LogP contribution in [-0.4, -0.2) is 65.2 Å². The van der Waals surface area contributed by atoms with E-state index in [1.807, 2.05) is 11.8 Å². The molecule has 2 N–H and O–H groups in total. The van der Waals surface area contributed by atoms with E-state index in [1.54, 1.807) is 12.1 Å². The molecule has 1 aromatic carbocycles. The molecule has 2 aromatic rings. The van der Waals surface area contributed by atoms with Crippen molar-refractivity contribution in [1.29, 1.82) is 0 Å². The molecule has 31 heavy (non-hydrogen) atoms. The number of carbonyl (C=O) groups is 1. The van der Waals surface area contributed by atoms with Crippen LogP contribution in [0.1, 0.15) is 55.0 Å². The normalized spacial score (nSPS) is 21.8. The van der Waals surface area contributed by atoms with Crippen LogP contribution in [0, 0.1) is 5.82 Å². The largest absolute Gasteiger partial charge is 0.387 e. The zero-order valence-corrected chi connectivity index (χ0v) is 18.1. The third kappa shape index (κ3) is 4.41. The lowest BCUT2D eigenvalue weighted by molar-refractivity contribution is -0.133. The van der Waals surface area contributed by atoms with Crippen molar-refractivity contribution in [3.63, 3.8) is 0 Å². The smallest absolute Gasteiger partial charge is 0.231 e. The number of halogens is 1. The van der Waals surface area contributed by atoms with Crippen molar-refractivity contribution in [1.82, 2.24) is 20.2 Å². The summed E-state index contributed by atoms with van der Waals surface area (Å²) < 4.78 is 13.4. The van der Waals surface area contributed by atoms with Crippen LogP contribution in [0.3, 0.4) is 0 Å². The number of nitrogens with one attached hydrogen (secondary N) is 1. The Morgan fingerprint density at radius 2 is 1.94 bits per heavy atom. The summed E-state index contributed by atoms with van der Waals surface area (Å²) in [5.74, 6) is 0.506. The van der Waals surface area contributed by atoms with E-state index >= 15 is 0 Å². The highest BCUT2D eigenvalue weighted by Crippen LogP contribution is 2.42. The fourth-order valence-corrected chi connectivity index (χ4v) is 4.64. The lowest BCUT2D eigenvalue weighted by Crippen LogP contribution is -2.51. The Hall–Kier alpha value is -2.58. The van der Waals surface area contributed by atoms with Gasteiger partial charge >= 0.3 is 0 Å². The monoisotopic (exact) mass is 427 g/mol. The van der Waals surface area contributed by atoms with E-state index in [4.69, 9.17) is 0 Å². The molecule has 1 aromatic heterocycles. The van der Waals surface area contributed by atoms with Crippen molar-refractivity contribution in [2.45, 2.75) is 38.2 Å². The molecule has 166 valence electrons. The fourth-order valence-electron chi connectivity index (χ4n) is 4.64. The summed E-state index contributed by atoms with van der Waals surface area (Å²) in [6.07, 6.45) is 1.66. The van der Waals surface area contributed by atoms with Crippen LogP contribution in [0.25, 0.3) is 0 Å². The first kappa shape index (κ1) is 21.6. The number of hydrogen-bond acceptors (Lipinski definition) is 6. The first-order valence-electron chi connectivity index (χ1n) is 11.0. The SMILES string of the molecule is CCNCC(C(=O)N1CCN(c2ncnc3c2[C@H](C)C[C@H]3O)CC1)c1ccc(F)cc1. The van der Waals surface area contributed by atoms with Gasteiger partial charge in [0.25, 0.3) is 0 Å². The summed E-state index contributed by atoms with van der Waals surface area (Å²) >= 11 is 0. The summed E-state index contributed by atoms with van der Waals surface area (Å²) in [6, 6.07) is 6.21. The Kier molecular flexibility index (Phi) is 6.48. The number of likely N-dealkylation sites (N-methyl/N-ethyl adjacent to an activating group) is 1. The van der Waals surface area contributed by atoms with E-state index in [1.165, 1.54) is 18.5 Å². The molecule has 8 heteroatoms. The number of amides is 1. The highest BCUT2D eigenvalue weighted by atomic mass is 19.1. The summed E-state index contributed by atoms with van der Waals surface area (Å²) in [7, 11) is 0. The molecule has 1 fully saturated rings. The second kappa shape index (κ2) is 9.28. The van der Waals surface area contributed by atoms with Crippen LogP contribution in [0.2, 0.25) is 0 Å². The highest BCUT2D eigenvalue weighted by Gasteiger charge is 2.35. The number of aliphatic hydroxyl groups is 1. The topological polar surface area (TPSA) is 81.6 Å². The Morgan fingerprint density at radius 1 is 1.23 bits per heavy atom. The number of benzene rings is 1. The second-order valence-corrected chi connectivity index (χ2v) is 8.37. The number of fused-ring (bicyclic) bond motifs is 1. The number of piperazine rings is 1. The molecule has 1 aliphatic carbocycles. The van der Waals surface area contributed by atoms with Crippen molar-refractivity contribution >= 4 is 11.7 Å². The van der Waals surface area contributed by atoms with Crippen LogP contribution >= 0.6 is 0 Å². The minimum absolute atomic E-state index is 0.0592. The Morgan fingerprint density at radius 3 is 2.61 bits per heavy atom. The number of nitrogens with zero attached hydrogens (tertiary/aromatic N) is 4. The molecule has 0 radical (unpaired) electrons. The van der Waals surface area contributed by atoms with Crippen LogP contribution in [-0.2, 0) is 4.79 Å². The minimum atomic E-state index is -0.530. The maximum atomic E-state index is 13.4. The molecule has 1 saturated heterocycles. The predicted molar refractivity (Wildman–Crippen MR) is 117 cm³/mol. The Labute approximate surface area is 182 Å². The molecule has 4 rings (SSSR count). The lowest BCUT2D eigenvalue weighted by atomic mass is 9.96. The number of carbonyl (C=O) groups excluding carboxylic acids is 1. The van der Waals surface area contributed by atoms with Gasteiger partial charge in [0.05, 0.1) is 17.7 Å². The quantitative estimate of drug-likeness (QED) is 0.736. The molecular formula is C23H30FN5O2. The van der Waals surface area contributed by atoms with E-state index < -0.39 is 6.10 Å². The third-order valence-corrected chi connectivity index (χ3v) is 6.34.